The van der Waals surface area contributed by atoms with Crippen molar-refractivity contribution in [1.82, 2.24) is 16.0 Å². The zero-order valence-electron chi connectivity index (χ0n) is 19.4. The number of nitrogens with one attached hydrogen (secondary N) is 3. The first kappa shape index (κ1) is 30.3. The van der Waals surface area contributed by atoms with Crippen LogP contribution in [-0.4, -0.2) is 76.6 Å². The van der Waals surface area contributed by atoms with Gasteiger partial charge in [0.05, 0.1) is 6.04 Å². The Bertz CT molecular complexity index is 873. The second-order valence-corrected chi connectivity index (χ2v) is 9.14. The van der Waals surface area contributed by atoms with Crippen molar-refractivity contribution in [2.24, 2.45) is 11.5 Å². The first-order valence-electron chi connectivity index (χ1n) is 10.9. The third-order valence-corrected chi connectivity index (χ3v) is 6.00. The van der Waals surface area contributed by atoms with E-state index in [1.54, 1.807) is 30.3 Å². The maximum Gasteiger partial charge on any atom is 0.327 e. The van der Waals surface area contributed by atoms with E-state index in [4.69, 9.17) is 11.5 Å². The Morgan fingerprint density at radius 2 is 1.51 bits per heavy atom. The van der Waals surface area contributed by atoms with Gasteiger partial charge in [0.1, 0.15) is 18.1 Å². The number of amides is 4. The lowest BCUT2D eigenvalue weighted by Gasteiger charge is -2.25. The van der Waals surface area contributed by atoms with Crippen LogP contribution in [0.4, 0.5) is 0 Å². The first-order chi connectivity index (χ1) is 16.6. The number of carboxylic acid groups (broad SMARTS) is 1. The quantitative estimate of drug-likeness (QED) is 0.134. The highest BCUT2D eigenvalue weighted by atomic mass is 32.2. The molecule has 0 saturated carbocycles. The molecule has 0 fully saturated rings. The van der Waals surface area contributed by atoms with Gasteiger partial charge in [-0.1, -0.05) is 30.3 Å². The van der Waals surface area contributed by atoms with Crippen LogP contribution < -0.4 is 27.4 Å². The van der Waals surface area contributed by atoms with Crippen LogP contribution in [-0.2, 0) is 30.4 Å². The Kier molecular flexibility index (Phi) is 13.8. The Balaban J connectivity index is 3.07. The van der Waals surface area contributed by atoms with Crippen LogP contribution in [0.15, 0.2) is 30.3 Å². The second kappa shape index (κ2) is 16.0. The molecule has 4 atom stereocenters. The molecule has 8 N–H and O–H groups in total. The number of rotatable bonds is 16. The molecule has 194 valence electrons. The third-order valence-electron chi connectivity index (χ3n) is 4.99. The summed E-state index contributed by atoms with van der Waals surface area (Å²) in [5.41, 5.74) is 11.8. The molecule has 4 amide bonds. The van der Waals surface area contributed by atoms with Crippen LogP contribution >= 0.6 is 24.4 Å². The maximum atomic E-state index is 13.1. The molecule has 13 heteroatoms. The van der Waals surface area contributed by atoms with Gasteiger partial charge in [0.2, 0.25) is 23.6 Å². The average molecular weight is 528 g/mol. The summed E-state index contributed by atoms with van der Waals surface area (Å²) in [5, 5.41) is 16.7. The van der Waals surface area contributed by atoms with Gasteiger partial charge in [-0.05, 0) is 30.4 Å². The zero-order valence-corrected chi connectivity index (χ0v) is 21.1. The Morgan fingerprint density at radius 3 is 2.06 bits per heavy atom. The molecule has 1 aromatic rings. The van der Waals surface area contributed by atoms with Gasteiger partial charge in [-0.15, -0.1) is 0 Å². The number of carbonyl (C=O) groups is 5. The van der Waals surface area contributed by atoms with Crippen LogP contribution in [0.1, 0.15) is 24.8 Å². The molecule has 1 aromatic carbocycles. The van der Waals surface area contributed by atoms with E-state index in [0.717, 1.165) is 0 Å². The smallest absolute Gasteiger partial charge is 0.327 e. The molecule has 0 aliphatic rings. The van der Waals surface area contributed by atoms with E-state index in [-0.39, 0.29) is 25.0 Å². The fraction of sp³-hybridized carbons (Fsp3) is 0.500. The zero-order chi connectivity index (χ0) is 26.4. The minimum atomic E-state index is -1.27. The number of thiol groups is 1. The molecule has 35 heavy (non-hydrogen) atoms. The Morgan fingerprint density at radius 1 is 0.943 bits per heavy atom. The fourth-order valence-corrected chi connectivity index (χ4v) is 3.74. The molecule has 0 saturated heterocycles. The summed E-state index contributed by atoms with van der Waals surface area (Å²) in [6, 6.07) is 4.33. The molecule has 0 aliphatic heterocycles. The largest absolute Gasteiger partial charge is 0.480 e. The van der Waals surface area contributed by atoms with Crippen molar-refractivity contribution in [2.75, 3.05) is 17.8 Å². The lowest BCUT2D eigenvalue weighted by Crippen LogP contribution is -2.58. The predicted molar refractivity (Wildman–Crippen MR) is 137 cm³/mol. The number of nitrogens with two attached hydrogens (primary N) is 2. The summed E-state index contributed by atoms with van der Waals surface area (Å²) >= 11 is 5.46. The SMILES string of the molecule is CSCCC(N)C(=O)NC(CCC(N)=O)C(=O)NC(Cc1ccccc1)C(=O)NC(CS)C(=O)O. The minimum absolute atomic E-state index is 0.0566. The molecule has 0 heterocycles. The standard InChI is InChI=1S/C22H33N5O6S2/c1-35-10-9-14(23)19(29)25-15(7-8-18(24)28)20(30)26-16(11-13-5-3-2-4-6-13)21(31)27-17(12-34)22(32)33/h2-6,14-17,34H,7-12,23H2,1H3,(H2,24,28)(H,25,29)(H,26,30)(H,27,31)(H,32,33). The van der Waals surface area contributed by atoms with Gasteiger partial charge < -0.3 is 32.5 Å². The summed E-state index contributed by atoms with van der Waals surface area (Å²) in [4.78, 5) is 61.1. The molecule has 0 spiro atoms. The van der Waals surface area contributed by atoms with Crippen molar-refractivity contribution in [3.63, 3.8) is 0 Å². The molecular formula is C22H33N5O6S2. The van der Waals surface area contributed by atoms with E-state index in [9.17, 15) is 29.1 Å². The van der Waals surface area contributed by atoms with Crippen molar-refractivity contribution < 1.29 is 29.1 Å². The minimum Gasteiger partial charge on any atom is -0.480 e. The van der Waals surface area contributed by atoms with Gasteiger partial charge in [0.25, 0.3) is 0 Å². The number of carboxylic acids is 1. The highest BCUT2D eigenvalue weighted by molar-refractivity contribution is 7.98. The Hall–Kier alpha value is -2.77. The van der Waals surface area contributed by atoms with Crippen molar-refractivity contribution in [1.29, 1.82) is 0 Å². The van der Waals surface area contributed by atoms with Gasteiger partial charge in [-0.2, -0.15) is 24.4 Å². The van der Waals surface area contributed by atoms with Crippen LogP contribution in [0.2, 0.25) is 0 Å². The van der Waals surface area contributed by atoms with Gasteiger partial charge in [-0.25, -0.2) is 4.79 Å². The van der Waals surface area contributed by atoms with Crippen molar-refractivity contribution in [3.05, 3.63) is 35.9 Å². The van der Waals surface area contributed by atoms with Crippen LogP contribution in [0.25, 0.3) is 0 Å². The normalized spacial score (nSPS) is 14.1. The van der Waals surface area contributed by atoms with Gasteiger partial charge >= 0.3 is 5.97 Å². The van der Waals surface area contributed by atoms with E-state index < -0.39 is 53.8 Å². The summed E-state index contributed by atoms with van der Waals surface area (Å²) in [6.45, 7) is 0. The third kappa shape index (κ3) is 11.5. The van der Waals surface area contributed by atoms with Crippen LogP contribution in [0.3, 0.4) is 0 Å². The van der Waals surface area contributed by atoms with E-state index in [1.165, 1.54) is 11.8 Å². The second-order valence-electron chi connectivity index (χ2n) is 7.79. The lowest BCUT2D eigenvalue weighted by molar-refractivity contribution is -0.141. The maximum absolute atomic E-state index is 13.1. The number of primary amides is 1. The Labute approximate surface area is 213 Å². The molecule has 0 aromatic heterocycles. The predicted octanol–water partition coefficient (Wildman–Crippen LogP) is -0.956. The fourth-order valence-electron chi connectivity index (χ4n) is 3.00. The number of carbonyl (C=O) groups excluding carboxylic acids is 4. The van der Waals surface area contributed by atoms with Gasteiger partial charge in [-0.3, -0.25) is 19.2 Å². The number of thioether (sulfide) groups is 1. The number of benzene rings is 1. The molecular weight excluding hydrogens is 494 g/mol. The van der Waals surface area contributed by atoms with E-state index in [1.807, 2.05) is 6.26 Å². The van der Waals surface area contributed by atoms with E-state index >= 15 is 0 Å². The molecule has 1 rings (SSSR count). The molecule has 11 nitrogen and oxygen atoms in total. The number of aliphatic carboxylic acids is 1. The monoisotopic (exact) mass is 527 g/mol. The lowest BCUT2D eigenvalue weighted by atomic mass is 10.0. The van der Waals surface area contributed by atoms with Crippen LogP contribution in [0, 0.1) is 0 Å². The highest BCUT2D eigenvalue weighted by Gasteiger charge is 2.30. The van der Waals surface area contributed by atoms with Crippen molar-refractivity contribution >= 4 is 54.0 Å². The molecule has 0 radical (unpaired) electrons. The van der Waals surface area contributed by atoms with E-state index in [0.29, 0.717) is 17.7 Å². The number of hydrogen-bond donors (Lipinski definition) is 7. The van der Waals surface area contributed by atoms with Crippen LogP contribution in [0.5, 0.6) is 0 Å². The molecule has 4 unspecified atom stereocenters. The first-order valence-corrected chi connectivity index (χ1v) is 12.9. The topological polar surface area (TPSA) is 194 Å². The van der Waals surface area contributed by atoms with E-state index in [2.05, 4.69) is 28.6 Å². The van der Waals surface area contributed by atoms with Crippen molar-refractivity contribution in [2.45, 2.75) is 49.9 Å². The van der Waals surface area contributed by atoms with Gasteiger partial charge in [0.15, 0.2) is 0 Å². The molecule has 0 aliphatic carbocycles. The summed E-state index contributed by atoms with van der Waals surface area (Å²) < 4.78 is 0. The van der Waals surface area contributed by atoms with Crippen molar-refractivity contribution in [3.8, 4) is 0 Å². The average Bonchev–Trinajstić information content (AvgIpc) is 2.82. The highest BCUT2D eigenvalue weighted by Crippen LogP contribution is 2.07. The van der Waals surface area contributed by atoms with Gasteiger partial charge in [0, 0.05) is 18.6 Å². The number of hydrogen-bond acceptors (Lipinski definition) is 8. The molecule has 0 bridgehead atoms. The summed E-state index contributed by atoms with van der Waals surface area (Å²) in [7, 11) is 0. The summed E-state index contributed by atoms with van der Waals surface area (Å²) in [6.07, 6.45) is 2.02. The summed E-state index contributed by atoms with van der Waals surface area (Å²) in [5.74, 6) is -3.50.